The highest BCUT2D eigenvalue weighted by Gasteiger charge is 2.15. The maximum absolute atomic E-state index is 5.97. The topological polar surface area (TPSA) is 74.2 Å². The van der Waals surface area contributed by atoms with E-state index in [1.165, 1.54) is 12.8 Å². The Morgan fingerprint density at radius 1 is 1.12 bits per heavy atom. The third kappa shape index (κ3) is 7.45. The number of benzene rings is 3. The van der Waals surface area contributed by atoms with Crippen molar-refractivity contribution in [3.63, 3.8) is 0 Å². The van der Waals surface area contributed by atoms with E-state index >= 15 is 0 Å². The Bertz CT molecular complexity index is 1230. The van der Waals surface area contributed by atoms with Crippen LogP contribution in [-0.4, -0.2) is 10.1 Å². The molecule has 178 valence electrons. The first-order valence-electron chi connectivity index (χ1n) is 11.5. The lowest BCUT2D eigenvalue weighted by atomic mass is 10.0. The highest BCUT2D eigenvalue weighted by Crippen LogP contribution is 2.28. The van der Waals surface area contributed by atoms with Gasteiger partial charge in [0.25, 0.3) is 0 Å². The normalized spacial score (nSPS) is 11.5. The summed E-state index contributed by atoms with van der Waals surface area (Å²) in [5.74, 6) is 2.50. The summed E-state index contributed by atoms with van der Waals surface area (Å²) in [4.78, 5) is 4.62. The maximum Gasteiger partial charge on any atom is 0.229 e. The number of fused-ring (bicyclic) bond motifs is 1. The zero-order chi connectivity index (χ0) is 24.5. The molecule has 2 N–H and O–H groups in total. The number of hydrogen-bond acceptors (Lipinski definition) is 5. The molecule has 0 spiro atoms. The second kappa shape index (κ2) is 12.4. The molecule has 4 rings (SSSR count). The fourth-order valence-electron chi connectivity index (χ4n) is 3.43. The fraction of sp³-hybridized carbons (Fsp3) is 0.286. The van der Waals surface area contributed by atoms with E-state index in [0.717, 1.165) is 44.4 Å². The Morgan fingerprint density at radius 2 is 1.85 bits per heavy atom. The van der Waals surface area contributed by atoms with Gasteiger partial charge in [0.1, 0.15) is 12.4 Å². The number of aromatic nitrogens is 2. The Balaban J connectivity index is 0.000000751. The van der Waals surface area contributed by atoms with E-state index in [0.29, 0.717) is 18.1 Å². The van der Waals surface area contributed by atoms with E-state index in [1.807, 2.05) is 24.3 Å². The average molecular weight is 522 g/mol. The lowest BCUT2D eigenvalue weighted by Crippen LogP contribution is -1.95. The molecule has 1 atom stereocenters. The van der Waals surface area contributed by atoms with E-state index in [2.05, 4.69) is 82.9 Å². The van der Waals surface area contributed by atoms with Crippen LogP contribution in [0.4, 0.5) is 0 Å². The molecular weight excluding hydrogens is 490 g/mol. The van der Waals surface area contributed by atoms with Gasteiger partial charge in [0.15, 0.2) is 0 Å². The van der Waals surface area contributed by atoms with Gasteiger partial charge in [-0.1, -0.05) is 84.7 Å². The van der Waals surface area contributed by atoms with Gasteiger partial charge in [0.05, 0.1) is 0 Å². The van der Waals surface area contributed by atoms with Crippen molar-refractivity contribution in [3.8, 4) is 17.1 Å². The van der Waals surface area contributed by atoms with E-state index in [4.69, 9.17) is 15.0 Å². The van der Waals surface area contributed by atoms with Crippen LogP contribution in [0.3, 0.4) is 0 Å². The standard InChI is InChI=1S/C25H25BrN2O2.C3H7N/c1-3-4-6-17(2)25-27-24(28-30-25)21-10-9-20-15-23(12-11-19(20)14-21)29-16-18-7-5-8-22(26)13-18;1-3(2)4/h5,7-15,17H,3-4,6,16H2,1-2H3;1,4H2,2H3/t17-;/m0./s1. The van der Waals surface area contributed by atoms with Gasteiger partial charge in [-0.15, -0.1) is 0 Å². The molecule has 3 aromatic carbocycles. The molecule has 0 bridgehead atoms. The molecule has 0 aliphatic rings. The Morgan fingerprint density at radius 3 is 2.59 bits per heavy atom. The number of rotatable bonds is 8. The van der Waals surface area contributed by atoms with Crippen molar-refractivity contribution >= 4 is 26.7 Å². The molecule has 0 amide bonds. The molecule has 4 aromatic rings. The predicted molar refractivity (Wildman–Crippen MR) is 143 cm³/mol. The molecule has 1 heterocycles. The third-order valence-corrected chi connectivity index (χ3v) is 5.71. The molecular formula is C28H32BrN3O2. The second-order valence-electron chi connectivity index (χ2n) is 8.49. The number of nitrogens with two attached hydrogens (primary N) is 1. The largest absolute Gasteiger partial charge is 0.489 e. The SMILES string of the molecule is C=C(C)N.CCCC[C@H](C)c1nc(-c2ccc3cc(OCc4cccc(Br)c4)ccc3c2)no1. The molecule has 0 saturated carbocycles. The molecule has 34 heavy (non-hydrogen) atoms. The van der Waals surface area contributed by atoms with Crippen LogP contribution >= 0.6 is 15.9 Å². The molecule has 0 radical (unpaired) electrons. The molecule has 6 heteroatoms. The van der Waals surface area contributed by atoms with Crippen molar-refractivity contribution in [2.75, 3.05) is 0 Å². The first kappa shape index (κ1) is 25.5. The first-order valence-corrected chi connectivity index (χ1v) is 12.3. The number of allylic oxidation sites excluding steroid dienone is 1. The van der Waals surface area contributed by atoms with E-state index in [9.17, 15) is 0 Å². The van der Waals surface area contributed by atoms with Crippen LogP contribution in [0.1, 0.15) is 57.4 Å². The minimum absolute atomic E-state index is 0.289. The van der Waals surface area contributed by atoms with Crippen molar-refractivity contribution in [2.45, 2.75) is 52.6 Å². The van der Waals surface area contributed by atoms with Gasteiger partial charge in [-0.25, -0.2) is 0 Å². The highest BCUT2D eigenvalue weighted by atomic mass is 79.9. The van der Waals surface area contributed by atoms with Crippen molar-refractivity contribution in [2.24, 2.45) is 5.73 Å². The average Bonchev–Trinajstić information content (AvgIpc) is 3.31. The van der Waals surface area contributed by atoms with Gasteiger partial charge < -0.3 is 15.0 Å². The monoisotopic (exact) mass is 521 g/mol. The Kier molecular flexibility index (Phi) is 9.28. The molecule has 0 aliphatic carbocycles. The summed E-state index contributed by atoms with van der Waals surface area (Å²) in [5, 5.41) is 6.43. The third-order valence-electron chi connectivity index (χ3n) is 5.22. The van der Waals surface area contributed by atoms with Crippen LogP contribution in [0.15, 0.2) is 81.9 Å². The van der Waals surface area contributed by atoms with Crippen molar-refractivity contribution < 1.29 is 9.26 Å². The summed E-state index contributed by atoms with van der Waals surface area (Å²) in [6.07, 6.45) is 3.41. The summed E-state index contributed by atoms with van der Waals surface area (Å²) in [6.45, 7) is 9.95. The minimum atomic E-state index is 0.289. The predicted octanol–water partition coefficient (Wildman–Crippen LogP) is 8.00. The quantitative estimate of drug-likeness (QED) is 0.254. The van der Waals surface area contributed by atoms with E-state index in [-0.39, 0.29) is 5.92 Å². The Hall–Kier alpha value is -3.12. The minimum Gasteiger partial charge on any atom is -0.489 e. The zero-order valence-electron chi connectivity index (χ0n) is 20.1. The second-order valence-corrected chi connectivity index (χ2v) is 9.40. The summed E-state index contributed by atoms with van der Waals surface area (Å²) in [5.41, 5.74) is 7.67. The van der Waals surface area contributed by atoms with E-state index in [1.54, 1.807) is 6.92 Å². The van der Waals surface area contributed by atoms with Crippen LogP contribution < -0.4 is 10.5 Å². The van der Waals surface area contributed by atoms with E-state index < -0.39 is 0 Å². The summed E-state index contributed by atoms with van der Waals surface area (Å²) in [6, 6.07) is 20.5. The van der Waals surface area contributed by atoms with Crippen molar-refractivity contribution in [1.29, 1.82) is 0 Å². The molecule has 0 unspecified atom stereocenters. The van der Waals surface area contributed by atoms with Gasteiger partial charge in [-0.3, -0.25) is 0 Å². The Labute approximate surface area is 210 Å². The molecule has 0 fully saturated rings. The van der Waals surface area contributed by atoms with Gasteiger partial charge >= 0.3 is 0 Å². The highest BCUT2D eigenvalue weighted by molar-refractivity contribution is 9.10. The van der Waals surface area contributed by atoms with Gasteiger partial charge in [-0.05, 0) is 65.7 Å². The van der Waals surface area contributed by atoms with Crippen LogP contribution in [0, 0.1) is 0 Å². The summed E-state index contributed by atoms with van der Waals surface area (Å²) < 4.78 is 12.5. The van der Waals surface area contributed by atoms with Crippen molar-refractivity contribution in [3.05, 3.63) is 88.9 Å². The van der Waals surface area contributed by atoms with Gasteiger partial charge in [0, 0.05) is 16.0 Å². The number of ether oxygens (including phenoxy) is 1. The van der Waals surface area contributed by atoms with Crippen molar-refractivity contribution in [1.82, 2.24) is 10.1 Å². The molecule has 0 aliphatic heterocycles. The van der Waals surface area contributed by atoms with Crippen LogP contribution in [0.2, 0.25) is 0 Å². The molecule has 5 nitrogen and oxygen atoms in total. The lowest BCUT2D eigenvalue weighted by molar-refractivity contribution is 0.306. The smallest absolute Gasteiger partial charge is 0.229 e. The number of hydrogen-bond donors (Lipinski definition) is 1. The molecule has 1 aromatic heterocycles. The lowest BCUT2D eigenvalue weighted by Gasteiger charge is -2.08. The van der Waals surface area contributed by atoms with Crippen LogP contribution in [0.25, 0.3) is 22.2 Å². The van der Waals surface area contributed by atoms with Crippen LogP contribution in [0.5, 0.6) is 5.75 Å². The van der Waals surface area contributed by atoms with Crippen LogP contribution in [-0.2, 0) is 6.61 Å². The summed E-state index contributed by atoms with van der Waals surface area (Å²) >= 11 is 3.49. The number of halogens is 1. The number of unbranched alkanes of at least 4 members (excludes halogenated alkanes) is 1. The zero-order valence-corrected chi connectivity index (χ0v) is 21.6. The maximum atomic E-state index is 5.97. The first-order chi connectivity index (χ1) is 16.4. The van der Waals surface area contributed by atoms with Gasteiger partial charge in [0.2, 0.25) is 11.7 Å². The number of nitrogens with zero attached hydrogens (tertiary/aromatic N) is 2. The summed E-state index contributed by atoms with van der Waals surface area (Å²) in [7, 11) is 0. The van der Waals surface area contributed by atoms with Gasteiger partial charge in [-0.2, -0.15) is 4.98 Å². The fourth-order valence-corrected chi connectivity index (χ4v) is 3.88. The molecule has 0 saturated heterocycles.